The van der Waals surface area contributed by atoms with Crippen LogP contribution in [0.15, 0.2) is 35.2 Å². The van der Waals surface area contributed by atoms with E-state index in [1.54, 1.807) is 12.1 Å². The first kappa shape index (κ1) is 14.6. The molecule has 0 amide bonds. The van der Waals surface area contributed by atoms with Gasteiger partial charge in [-0.3, -0.25) is 4.72 Å². The van der Waals surface area contributed by atoms with Crippen molar-refractivity contribution in [3.63, 3.8) is 0 Å². The number of rotatable bonds is 4. The van der Waals surface area contributed by atoms with Gasteiger partial charge in [-0.05, 0) is 49.1 Å². The first-order valence-corrected chi connectivity index (χ1v) is 11.9. The first-order chi connectivity index (χ1) is 9.78. The van der Waals surface area contributed by atoms with Gasteiger partial charge in [0.1, 0.15) is 0 Å². The molecule has 0 unspecified atom stereocenters. The molecule has 0 fully saturated rings. The van der Waals surface area contributed by atoms with Gasteiger partial charge in [0.05, 0.1) is 10.6 Å². The molecule has 4 nitrogen and oxygen atoms in total. The van der Waals surface area contributed by atoms with Crippen molar-refractivity contribution in [2.45, 2.75) is 31.0 Å². The predicted molar refractivity (Wildman–Crippen MR) is 87.8 cm³/mol. The Hall–Kier alpha value is -1.37. The van der Waals surface area contributed by atoms with E-state index in [2.05, 4.69) is 24.4 Å². The lowest BCUT2D eigenvalue weighted by Crippen LogP contribution is -2.26. The zero-order chi connectivity index (χ0) is 15.3. The highest BCUT2D eigenvalue weighted by Gasteiger charge is 2.27. The molecule has 2 aromatic carbocycles. The fourth-order valence-electron chi connectivity index (χ4n) is 2.63. The SMILES string of the molecule is C[Si](C)(C)OCCc1ccc2c3c(cccc13)NS2(=O)=O. The van der Waals surface area contributed by atoms with E-state index in [-0.39, 0.29) is 0 Å². The Morgan fingerprint density at radius 2 is 1.90 bits per heavy atom. The molecule has 0 bridgehead atoms. The maximum atomic E-state index is 12.1. The monoisotopic (exact) mass is 321 g/mol. The van der Waals surface area contributed by atoms with Crippen molar-refractivity contribution < 1.29 is 12.8 Å². The Kier molecular flexibility index (Phi) is 3.35. The van der Waals surface area contributed by atoms with Crippen LogP contribution < -0.4 is 4.72 Å². The van der Waals surface area contributed by atoms with Crippen LogP contribution in [0.2, 0.25) is 19.6 Å². The van der Waals surface area contributed by atoms with Gasteiger partial charge in [-0.1, -0.05) is 18.2 Å². The molecule has 0 saturated heterocycles. The zero-order valence-electron chi connectivity index (χ0n) is 12.4. The van der Waals surface area contributed by atoms with Gasteiger partial charge >= 0.3 is 0 Å². The molecule has 1 aliphatic rings. The minimum atomic E-state index is -3.39. The van der Waals surface area contributed by atoms with E-state index in [4.69, 9.17) is 4.43 Å². The van der Waals surface area contributed by atoms with Crippen molar-refractivity contribution >= 4 is 34.8 Å². The average Bonchev–Trinajstić information content (AvgIpc) is 2.63. The van der Waals surface area contributed by atoms with Crippen molar-refractivity contribution in [3.05, 3.63) is 35.9 Å². The molecule has 0 saturated carbocycles. The highest BCUT2D eigenvalue weighted by Crippen LogP contribution is 2.38. The molecular weight excluding hydrogens is 302 g/mol. The van der Waals surface area contributed by atoms with Crippen molar-refractivity contribution in [1.82, 2.24) is 0 Å². The fourth-order valence-corrected chi connectivity index (χ4v) is 4.65. The molecule has 2 aromatic rings. The average molecular weight is 321 g/mol. The fraction of sp³-hybridized carbons (Fsp3) is 0.333. The van der Waals surface area contributed by atoms with Gasteiger partial charge in [0.2, 0.25) is 0 Å². The molecule has 6 heteroatoms. The molecule has 3 rings (SSSR count). The molecule has 0 aromatic heterocycles. The molecule has 0 aliphatic carbocycles. The Balaban J connectivity index is 2.00. The largest absolute Gasteiger partial charge is 0.417 e. The summed E-state index contributed by atoms with van der Waals surface area (Å²) in [6.45, 7) is 7.17. The van der Waals surface area contributed by atoms with Crippen LogP contribution in [0.25, 0.3) is 10.8 Å². The molecular formula is C15H19NO3SSi. The van der Waals surface area contributed by atoms with Gasteiger partial charge < -0.3 is 4.43 Å². The molecule has 21 heavy (non-hydrogen) atoms. The summed E-state index contributed by atoms with van der Waals surface area (Å²) < 4.78 is 32.6. The van der Waals surface area contributed by atoms with Gasteiger partial charge in [0.15, 0.2) is 8.32 Å². The van der Waals surface area contributed by atoms with Crippen LogP contribution in [0.3, 0.4) is 0 Å². The molecule has 1 aliphatic heterocycles. The quantitative estimate of drug-likeness (QED) is 0.879. The summed E-state index contributed by atoms with van der Waals surface area (Å²) in [5.74, 6) is 0. The van der Waals surface area contributed by atoms with E-state index < -0.39 is 18.3 Å². The molecule has 0 radical (unpaired) electrons. The minimum Gasteiger partial charge on any atom is -0.417 e. The van der Waals surface area contributed by atoms with Crippen LogP contribution in [-0.2, 0) is 20.9 Å². The third kappa shape index (κ3) is 2.71. The highest BCUT2D eigenvalue weighted by atomic mass is 32.2. The van der Waals surface area contributed by atoms with Crippen LogP contribution in [0.4, 0.5) is 5.69 Å². The Labute approximate surface area is 126 Å². The summed E-state index contributed by atoms with van der Waals surface area (Å²) in [6.07, 6.45) is 0.796. The number of anilines is 1. The van der Waals surface area contributed by atoms with Gasteiger partial charge in [0, 0.05) is 12.0 Å². The third-order valence-electron chi connectivity index (χ3n) is 3.53. The normalized spacial score (nSPS) is 16.1. The van der Waals surface area contributed by atoms with Crippen molar-refractivity contribution in [2.24, 2.45) is 0 Å². The van der Waals surface area contributed by atoms with Crippen LogP contribution in [0, 0.1) is 0 Å². The summed E-state index contributed by atoms with van der Waals surface area (Å²) in [5.41, 5.74) is 1.81. The number of hydrogen-bond donors (Lipinski definition) is 1. The summed E-state index contributed by atoms with van der Waals surface area (Å²) in [7, 11) is -4.91. The molecule has 0 spiro atoms. The zero-order valence-corrected chi connectivity index (χ0v) is 14.3. The maximum absolute atomic E-state index is 12.1. The van der Waals surface area contributed by atoms with Gasteiger partial charge in [-0.25, -0.2) is 8.42 Å². The van der Waals surface area contributed by atoms with E-state index >= 15 is 0 Å². The lowest BCUT2D eigenvalue weighted by molar-refractivity contribution is 0.316. The van der Waals surface area contributed by atoms with Crippen molar-refractivity contribution in [3.8, 4) is 0 Å². The van der Waals surface area contributed by atoms with Crippen LogP contribution in [-0.4, -0.2) is 23.3 Å². The first-order valence-electron chi connectivity index (χ1n) is 6.99. The summed E-state index contributed by atoms with van der Waals surface area (Å²) in [4.78, 5) is 0.378. The minimum absolute atomic E-state index is 0.378. The predicted octanol–water partition coefficient (Wildman–Crippen LogP) is 3.35. The van der Waals surface area contributed by atoms with E-state index in [0.717, 1.165) is 22.8 Å². The molecule has 1 N–H and O–H groups in total. The van der Waals surface area contributed by atoms with Crippen LogP contribution in [0.1, 0.15) is 5.56 Å². The Morgan fingerprint density at radius 1 is 1.14 bits per heavy atom. The highest BCUT2D eigenvalue weighted by molar-refractivity contribution is 7.93. The van der Waals surface area contributed by atoms with Crippen LogP contribution >= 0.6 is 0 Å². The number of hydrogen-bond acceptors (Lipinski definition) is 3. The number of nitrogens with one attached hydrogen (secondary N) is 1. The second-order valence-electron chi connectivity index (χ2n) is 6.27. The molecule has 0 atom stereocenters. The standard InChI is InChI=1S/C15H19NO3SSi/c1-21(2,3)19-10-9-11-7-8-14-15-12(11)5-4-6-13(15)16-20(14,17)18/h4-8,16H,9-10H2,1-3H3. The maximum Gasteiger partial charge on any atom is 0.262 e. The van der Waals surface area contributed by atoms with Gasteiger partial charge in [0.25, 0.3) is 10.0 Å². The van der Waals surface area contributed by atoms with Crippen molar-refractivity contribution in [1.29, 1.82) is 0 Å². The van der Waals surface area contributed by atoms with Gasteiger partial charge in [-0.15, -0.1) is 0 Å². The Morgan fingerprint density at radius 3 is 2.62 bits per heavy atom. The summed E-state index contributed by atoms with van der Waals surface area (Å²) in [6, 6.07) is 9.27. The Bertz CT molecular complexity index is 810. The third-order valence-corrected chi connectivity index (χ3v) is 6.01. The molecule has 1 heterocycles. The lowest BCUT2D eigenvalue weighted by Gasteiger charge is -2.17. The van der Waals surface area contributed by atoms with E-state index in [1.807, 2.05) is 18.2 Å². The second kappa shape index (κ2) is 4.83. The van der Waals surface area contributed by atoms with E-state index in [9.17, 15) is 8.42 Å². The van der Waals surface area contributed by atoms with Gasteiger partial charge in [-0.2, -0.15) is 0 Å². The van der Waals surface area contributed by atoms with E-state index in [1.165, 1.54) is 0 Å². The summed E-state index contributed by atoms with van der Waals surface area (Å²) >= 11 is 0. The summed E-state index contributed by atoms with van der Waals surface area (Å²) in [5, 5.41) is 1.81. The number of benzene rings is 2. The molecule has 112 valence electrons. The van der Waals surface area contributed by atoms with Crippen LogP contribution in [0.5, 0.6) is 0 Å². The van der Waals surface area contributed by atoms with Crippen molar-refractivity contribution in [2.75, 3.05) is 11.3 Å². The topological polar surface area (TPSA) is 55.4 Å². The second-order valence-corrected chi connectivity index (χ2v) is 12.4. The van der Waals surface area contributed by atoms with E-state index in [0.29, 0.717) is 17.2 Å². The number of sulfonamides is 1. The smallest absolute Gasteiger partial charge is 0.262 e. The lowest BCUT2D eigenvalue weighted by atomic mass is 10.0.